The van der Waals surface area contributed by atoms with Crippen LogP contribution in [0.3, 0.4) is 0 Å². The number of carbonyl (C=O) groups is 3. The number of hydrogen-bond acceptors (Lipinski definition) is 4. The second-order valence-corrected chi connectivity index (χ2v) is 4.93. The zero-order valence-electron chi connectivity index (χ0n) is 12.3. The van der Waals surface area contributed by atoms with Crippen molar-refractivity contribution in [2.45, 2.75) is 26.3 Å². The van der Waals surface area contributed by atoms with Crippen molar-refractivity contribution in [1.82, 2.24) is 4.90 Å². The highest BCUT2D eigenvalue weighted by atomic mass is 16.2. The number of hydrogen-bond donors (Lipinski definition) is 2. The number of nitrogens with two attached hydrogens (primary N) is 2. The Morgan fingerprint density at radius 1 is 1.05 bits per heavy atom. The van der Waals surface area contributed by atoms with Crippen molar-refractivity contribution >= 4 is 17.6 Å². The number of aryl methyl sites for hydroxylation is 1. The predicted molar refractivity (Wildman–Crippen MR) is 79.6 cm³/mol. The number of ketones is 1. The number of nitrogens with zero attached hydrogens (tertiary/aromatic N) is 1. The second-order valence-electron chi connectivity index (χ2n) is 4.93. The first-order valence-corrected chi connectivity index (χ1v) is 6.79. The third-order valence-electron chi connectivity index (χ3n) is 3.29. The van der Waals surface area contributed by atoms with Crippen LogP contribution in [-0.4, -0.2) is 41.6 Å². The topological polar surface area (TPSA) is 106 Å². The minimum atomic E-state index is -0.655. The highest BCUT2D eigenvalue weighted by molar-refractivity contribution is 6.00. The summed E-state index contributed by atoms with van der Waals surface area (Å²) in [6, 6.07) is 6.59. The van der Waals surface area contributed by atoms with Gasteiger partial charge in [-0.2, -0.15) is 0 Å². The van der Waals surface area contributed by atoms with Gasteiger partial charge in [0.25, 0.3) is 0 Å². The molecule has 1 unspecified atom stereocenters. The summed E-state index contributed by atoms with van der Waals surface area (Å²) in [5.74, 6) is -1.41. The maximum absolute atomic E-state index is 12.4. The van der Waals surface area contributed by atoms with Crippen LogP contribution >= 0.6 is 0 Å². The molecule has 4 N–H and O–H groups in total. The Balaban J connectivity index is 2.89. The van der Waals surface area contributed by atoms with Gasteiger partial charge in [-0.25, -0.2) is 0 Å². The van der Waals surface area contributed by atoms with Crippen LogP contribution in [0.4, 0.5) is 0 Å². The maximum Gasteiger partial charge on any atom is 0.231 e. The lowest BCUT2D eigenvalue weighted by molar-refractivity contribution is -0.122. The molecule has 0 bridgehead atoms. The Hall–Kier alpha value is -2.21. The molecule has 0 saturated carbocycles. The standard InChI is InChI=1S/C15H21N3O3/c1-3-11-4-6-12(7-5-11)15(21)10(2)18(8-13(16)19)9-14(17)20/h4-7,10H,3,8-9H2,1-2H3,(H2,16,19)(H2,17,20). The first kappa shape index (κ1) is 16.8. The minimum Gasteiger partial charge on any atom is -0.369 e. The molecule has 1 aromatic carbocycles. The smallest absolute Gasteiger partial charge is 0.231 e. The van der Waals surface area contributed by atoms with Crippen molar-refractivity contribution in [2.75, 3.05) is 13.1 Å². The summed E-state index contributed by atoms with van der Waals surface area (Å²) in [4.78, 5) is 35.9. The normalized spacial score (nSPS) is 12.1. The molecule has 0 spiro atoms. The van der Waals surface area contributed by atoms with Crippen LogP contribution in [0.1, 0.15) is 29.8 Å². The van der Waals surface area contributed by atoms with E-state index >= 15 is 0 Å². The van der Waals surface area contributed by atoms with Crippen molar-refractivity contribution in [3.05, 3.63) is 35.4 Å². The van der Waals surface area contributed by atoms with E-state index in [1.807, 2.05) is 19.1 Å². The summed E-state index contributed by atoms with van der Waals surface area (Å²) < 4.78 is 0. The van der Waals surface area contributed by atoms with Crippen LogP contribution in [0.5, 0.6) is 0 Å². The van der Waals surface area contributed by atoms with Crippen LogP contribution in [-0.2, 0) is 16.0 Å². The van der Waals surface area contributed by atoms with Crippen LogP contribution < -0.4 is 11.5 Å². The molecule has 1 aromatic rings. The molecular weight excluding hydrogens is 270 g/mol. The Labute approximate surface area is 124 Å². The number of benzene rings is 1. The highest BCUT2D eigenvalue weighted by Crippen LogP contribution is 2.11. The average molecular weight is 291 g/mol. The van der Waals surface area contributed by atoms with Gasteiger partial charge >= 0.3 is 0 Å². The number of carbonyl (C=O) groups excluding carboxylic acids is 3. The third kappa shape index (κ3) is 5.00. The summed E-state index contributed by atoms with van der Waals surface area (Å²) in [5.41, 5.74) is 11.9. The zero-order chi connectivity index (χ0) is 16.0. The molecule has 0 radical (unpaired) electrons. The van der Waals surface area contributed by atoms with E-state index in [0.29, 0.717) is 5.56 Å². The molecular formula is C15H21N3O3. The fourth-order valence-corrected chi connectivity index (χ4v) is 2.04. The van der Waals surface area contributed by atoms with Crippen LogP contribution in [0, 0.1) is 0 Å². The van der Waals surface area contributed by atoms with Gasteiger partial charge in [-0.3, -0.25) is 19.3 Å². The van der Waals surface area contributed by atoms with Gasteiger partial charge in [0.05, 0.1) is 19.1 Å². The van der Waals surface area contributed by atoms with E-state index in [-0.39, 0.29) is 18.9 Å². The molecule has 0 aliphatic heterocycles. The van der Waals surface area contributed by atoms with E-state index in [0.717, 1.165) is 12.0 Å². The summed E-state index contributed by atoms with van der Waals surface area (Å²) >= 11 is 0. The maximum atomic E-state index is 12.4. The van der Waals surface area contributed by atoms with Crippen molar-refractivity contribution in [3.8, 4) is 0 Å². The van der Waals surface area contributed by atoms with Crippen molar-refractivity contribution in [2.24, 2.45) is 11.5 Å². The van der Waals surface area contributed by atoms with Gasteiger partial charge in [-0.15, -0.1) is 0 Å². The van der Waals surface area contributed by atoms with Crippen molar-refractivity contribution < 1.29 is 14.4 Å². The molecule has 1 rings (SSSR count). The van der Waals surface area contributed by atoms with Crippen LogP contribution in [0.2, 0.25) is 0 Å². The quantitative estimate of drug-likeness (QED) is 0.662. The minimum absolute atomic E-state index is 0.180. The lowest BCUT2D eigenvalue weighted by Crippen LogP contribution is -2.47. The lowest BCUT2D eigenvalue weighted by Gasteiger charge is -2.25. The van der Waals surface area contributed by atoms with E-state index in [1.165, 1.54) is 4.90 Å². The SMILES string of the molecule is CCc1ccc(C(=O)C(C)N(CC(N)=O)CC(N)=O)cc1. The molecule has 6 nitrogen and oxygen atoms in total. The number of Topliss-reactive ketones (excluding diaryl/α,β-unsaturated/α-hetero) is 1. The highest BCUT2D eigenvalue weighted by Gasteiger charge is 2.24. The number of amides is 2. The number of primary amides is 2. The summed E-state index contributed by atoms with van der Waals surface area (Å²) in [6.45, 7) is 3.27. The fourth-order valence-electron chi connectivity index (χ4n) is 2.04. The Bertz CT molecular complexity index is 509. The Kier molecular flexibility index (Phi) is 6.05. The van der Waals surface area contributed by atoms with E-state index in [1.54, 1.807) is 19.1 Å². The molecule has 0 aliphatic carbocycles. The first-order valence-electron chi connectivity index (χ1n) is 6.79. The molecule has 21 heavy (non-hydrogen) atoms. The molecule has 2 amide bonds. The van der Waals surface area contributed by atoms with Crippen molar-refractivity contribution in [3.63, 3.8) is 0 Å². The average Bonchev–Trinajstić information content (AvgIpc) is 2.44. The van der Waals surface area contributed by atoms with Crippen molar-refractivity contribution in [1.29, 1.82) is 0 Å². The summed E-state index contributed by atoms with van der Waals surface area (Å²) in [6.07, 6.45) is 0.888. The molecule has 0 aliphatic rings. The van der Waals surface area contributed by atoms with Crippen LogP contribution in [0.15, 0.2) is 24.3 Å². The van der Waals surface area contributed by atoms with Crippen LogP contribution in [0.25, 0.3) is 0 Å². The molecule has 0 aromatic heterocycles. The summed E-state index contributed by atoms with van der Waals surface area (Å²) in [5, 5.41) is 0. The Morgan fingerprint density at radius 3 is 1.90 bits per heavy atom. The first-order chi connectivity index (χ1) is 9.85. The van der Waals surface area contributed by atoms with Gasteiger partial charge in [0, 0.05) is 5.56 Å². The van der Waals surface area contributed by atoms with Gasteiger partial charge in [-0.05, 0) is 18.9 Å². The van der Waals surface area contributed by atoms with Gasteiger partial charge in [-0.1, -0.05) is 31.2 Å². The molecule has 0 saturated heterocycles. The zero-order valence-corrected chi connectivity index (χ0v) is 12.3. The van der Waals surface area contributed by atoms with E-state index < -0.39 is 17.9 Å². The van der Waals surface area contributed by atoms with E-state index in [4.69, 9.17) is 11.5 Å². The van der Waals surface area contributed by atoms with Gasteiger partial charge in [0.2, 0.25) is 11.8 Å². The molecule has 1 atom stereocenters. The fraction of sp³-hybridized carbons (Fsp3) is 0.400. The monoisotopic (exact) mass is 291 g/mol. The van der Waals surface area contributed by atoms with Gasteiger partial charge in [0.15, 0.2) is 5.78 Å². The van der Waals surface area contributed by atoms with E-state index in [2.05, 4.69) is 0 Å². The van der Waals surface area contributed by atoms with Gasteiger partial charge < -0.3 is 11.5 Å². The summed E-state index contributed by atoms with van der Waals surface area (Å²) in [7, 11) is 0. The predicted octanol–water partition coefficient (Wildman–Crippen LogP) is 0.0928. The Morgan fingerprint density at radius 2 is 1.52 bits per heavy atom. The molecule has 0 fully saturated rings. The third-order valence-corrected chi connectivity index (χ3v) is 3.29. The lowest BCUT2D eigenvalue weighted by atomic mass is 10.0. The van der Waals surface area contributed by atoms with Gasteiger partial charge in [0.1, 0.15) is 0 Å². The second kappa shape index (κ2) is 7.54. The van der Waals surface area contributed by atoms with E-state index in [9.17, 15) is 14.4 Å². The number of rotatable bonds is 8. The molecule has 0 heterocycles. The molecule has 114 valence electrons. The molecule has 6 heteroatoms. The largest absolute Gasteiger partial charge is 0.369 e.